The second-order valence-electron chi connectivity index (χ2n) is 1.88. The molecule has 0 aromatic heterocycles. The Labute approximate surface area is 57.4 Å². The third kappa shape index (κ3) is 4.25. The molecule has 0 aromatic carbocycles. The molecule has 0 aliphatic heterocycles. The van der Waals surface area contributed by atoms with Crippen LogP contribution in [0.3, 0.4) is 0 Å². The molecule has 0 aromatic rings. The summed E-state index contributed by atoms with van der Waals surface area (Å²) in [7, 11) is 0. The van der Waals surface area contributed by atoms with Crippen LogP contribution in [0.15, 0.2) is 11.0 Å². The van der Waals surface area contributed by atoms with Crippen LogP contribution >= 0.6 is 12.6 Å². The van der Waals surface area contributed by atoms with Gasteiger partial charge >= 0.3 is 0 Å². The van der Waals surface area contributed by atoms with Gasteiger partial charge in [0.1, 0.15) is 0 Å². The van der Waals surface area contributed by atoms with Crippen LogP contribution in [0.1, 0.15) is 33.1 Å². The molecule has 0 aliphatic rings. The number of thiol groups is 1. The van der Waals surface area contributed by atoms with Gasteiger partial charge in [0, 0.05) is 0 Å². The van der Waals surface area contributed by atoms with Crippen LogP contribution in [0.2, 0.25) is 0 Å². The summed E-state index contributed by atoms with van der Waals surface area (Å²) >= 11 is 4.23. The molecule has 0 bridgehead atoms. The number of hydrogen-bond acceptors (Lipinski definition) is 1. The Morgan fingerprint density at radius 3 is 2.62 bits per heavy atom. The summed E-state index contributed by atoms with van der Waals surface area (Å²) in [5, 5.41) is 0. The SMILES string of the molecule is CC=C(S)CCCC. The highest BCUT2D eigenvalue weighted by atomic mass is 32.1. The third-order valence-corrected chi connectivity index (χ3v) is 1.60. The Kier molecular flexibility index (Phi) is 5.29. The average Bonchev–Trinajstić information content (AvgIpc) is 1.83. The second kappa shape index (κ2) is 5.23. The largest absolute Gasteiger partial charge is 0.148 e. The maximum Gasteiger partial charge on any atom is -0.0225 e. The van der Waals surface area contributed by atoms with E-state index in [9.17, 15) is 0 Å². The van der Waals surface area contributed by atoms with Gasteiger partial charge in [0.05, 0.1) is 0 Å². The highest BCUT2D eigenvalue weighted by Crippen LogP contribution is 2.09. The van der Waals surface area contributed by atoms with Crippen LogP contribution in [-0.4, -0.2) is 0 Å². The molecule has 0 N–H and O–H groups in total. The summed E-state index contributed by atoms with van der Waals surface area (Å²) in [6.07, 6.45) is 5.73. The first-order valence-electron chi connectivity index (χ1n) is 3.15. The predicted octanol–water partition coefficient (Wildman–Crippen LogP) is 3.01. The van der Waals surface area contributed by atoms with Gasteiger partial charge in [0.2, 0.25) is 0 Å². The molecule has 1 heteroatoms. The van der Waals surface area contributed by atoms with Gasteiger partial charge in [-0.3, -0.25) is 0 Å². The first-order chi connectivity index (χ1) is 3.81. The third-order valence-electron chi connectivity index (χ3n) is 1.12. The molecule has 8 heavy (non-hydrogen) atoms. The van der Waals surface area contributed by atoms with Crippen LogP contribution in [0.4, 0.5) is 0 Å². The monoisotopic (exact) mass is 130 g/mol. The molecule has 0 amide bonds. The summed E-state index contributed by atoms with van der Waals surface area (Å²) in [4.78, 5) is 1.21. The van der Waals surface area contributed by atoms with Crippen molar-refractivity contribution in [3.63, 3.8) is 0 Å². The van der Waals surface area contributed by atoms with Crippen molar-refractivity contribution >= 4 is 12.6 Å². The summed E-state index contributed by atoms with van der Waals surface area (Å²) in [6, 6.07) is 0. The van der Waals surface area contributed by atoms with Gasteiger partial charge in [-0.25, -0.2) is 0 Å². The van der Waals surface area contributed by atoms with E-state index in [4.69, 9.17) is 0 Å². The van der Waals surface area contributed by atoms with Gasteiger partial charge in [-0.2, -0.15) is 0 Å². The lowest BCUT2D eigenvalue weighted by Crippen LogP contribution is -1.71. The summed E-state index contributed by atoms with van der Waals surface area (Å²) in [5.41, 5.74) is 0. The molecule has 0 fully saturated rings. The van der Waals surface area contributed by atoms with Crippen molar-refractivity contribution in [1.82, 2.24) is 0 Å². The van der Waals surface area contributed by atoms with E-state index < -0.39 is 0 Å². The summed E-state index contributed by atoms with van der Waals surface area (Å²) < 4.78 is 0. The lowest BCUT2D eigenvalue weighted by atomic mass is 10.2. The Balaban J connectivity index is 3.12. The fourth-order valence-corrected chi connectivity index (χ4v) is 0.660. The van der Waals surface area contributed by atoms with Crippen LogP contribution in [0.25, 0.3) is 0 Å². The summed E-state index contributed by atoms with van der Waals surface area (Å²) in [6.45, 7) is 4.22. The number of hydrogen-bond donors (Lipinski definition) is 1. The molecule has 0 rings (SSSR count). The highest BCUT2D eigenvalue weighted by molar-refractivity contribution is 7.84. The minimum absolute atomic E-state index is 1.15. The fourth-order valence-electron chi connectivity index (χ4n) is 0.502. The van der Waals surface area contributed by atoms with Crippen molar-refractivity contribution < 1.29 is 0 Å². The molecule has 0 spiro atoms. The van der Waals surface area contributed by atoms with E-state index >= 15 is 0 Å². The fraction of sp³-hybridized carbons (Fsp3) is 0.714. The molecule has 0 saturated carbocycles. The minimum Gasteiger partial charge on any atom is -0.148 e. The molecular formula is C7H14S. The maximum atomic E-state index is 4.23. The molecule has 0 saturated heterocycles. The molecular weight excluding hydrogens is 116 g/mol. The van der Waals surface area contributed by atoms with E-state index in [0.29, 0.717) is 0 Å². The van der Waals surface area contributed by atoms with Gasteiger partial charge in [-0.05, 0) is 24.7 Å². The maximum absolute atomic E-state index is 4.23. The lowest BCUT2D eigenvalue weighted by molar-refractivity contribution is 0.808. The van der Waals surface area contributed by atoms with Crippen molar-refractivity contribution in [1.29, 1.82) is 0 Å². The standard InChI is InChI=1S/C7H14S/c1-3-5-6-7(8)4-2/h4,8H,3,5-6H2,1-2H3. The Morgan fingerprint density at radius 2 is 2.25 bits per heavy atom. The smallest absolute Gasteiger partial charge is 0.0225 e. The van der Waals surface area contributed by atoms with Crippen LogP contribution in [0.5, 0.6) is 0 Å². The number of allylic oxidation sites excluding steroid dienone is 2. The number of unbranched alkanes of at least 4 members (excludes halogenated alkanes) is 1. The van der Waals surface area contributed by atoms with E-state index in [1.54, 1.807) is 0 Å². The zero-order chi connectivity index (χ0) is 6.41. The first kappa shape index (κ1) is 8.09. The zero-order valence-electron chi connectivity index (χ0n) is 5.65. The molecule has 0 heterocycles. The Hall–Kier alpha value is 0.0900. The zero-order valence-corrected chi connectivity index (χ0v) is 6.54. The molecule has 0 radical (unpaired) electrons. The van der Waals surface area contributed by atoms with E-state index in [0.717, 1.165) is 6.42 Å². The molecule has 48 valence electrons. The van der Waals surface area contributed by atoms with Gasteiger partial charge in [-0.1, -0.05) is 19.4 Å². The highest BCUT2D eigenvalue weighted by Gasteiger charge is 1.84. The Morgan fingerprint density at radius 1 is 1.62 bits per heavy atom. The van der Waals surface area contributed by atoms with E-state index in [1.807, 2.05) is 6.92 Å². The van der Waals surface area contributed by atoms with Gasteiger partial charge < -0.3 is 0 Å². The van der Waals surface area contributed by atoms with Crippen molar-refractivity contribution in [2.24, 2.45) is 0 Å². The number of rotatable bonds is 3. The van der Waals surface area contributed by atoms with Gasteiger partial charge in [0.15, 0.2) is 0 Å². The molecule has 0 atom stereocenters. The quantitative estimate of drug-likeness (QED) is 0.558. The first-order valence-corrected chi connectivity index (χ1v) is 3.60. The minimum atomic E-state index is 1.15. The molecule has 0 aliphatic carbocycles. The van der Waals surface area contributed by atoms with Crippen molar-refractivity contribution in [2.75, 3.05) is 0 Å². The van der Waals surface area contributed by atoms with E-state index in [-0.39, 0.29) is 0 Å². The van der Waals surface area contributed by atoms with Crippen LogP contribution < -0.4 is 0 Å². The Bertz CT molecular complexity index is 74.5. The second-order valence-corrected chi connectivity index (χ2v) is 2.46. The van der Waals surface area contributed by atoms with E-state index in [2.05, 4.69) is 25.6 Å². The van der Waals surface area contributed by atoms with Crippen molar-refractivity contribution in [2.45, 2.75) is 33.1 Å². The van der Waals surface area contributed by atoms with Gasteiger partial charge in [0.25, 0.3) is 0 Å². The van der Waals surface area contributed by atoms with E-state index in [1.165, 1.54) is 17.7 Å². The van der Waals surface area contributed by atoms with Crippen LogP contribution in [0, 0.1) is 0 Å². The lowest BCUT2D eigenvalue weighted by Gasteiger charge is -1.93. The summed E-state index contributed by atoms with van der Waals surface area (Å²) in [5.74, 6) is 0. The van der Waals surface area contributed by atoms with Crippen molar-refractivity contribution in [3.05, 3.63) is 11.0 Å². The predicted molar refractivity (Wildman–Crippen MR) is 42.3 cm³/mol. The average molecular weight is 130 g/mol. The van der Waals surface area contributed by atoms with Gasteiger partial charge in [-0.15, -0.1) is 12.6 Å². The topological polar surface area (TPSA) is 0 Å². The normalized spacial score (nSPS) is 12.1. The van der Waals surface area contributed by atoms with Crippen molar-refractivity contribution in [3.8, 4) is 0 Å². The molecule has 0 unspecified atom stereocenters. The molecule has 0 nitrogen and oxygen atoms in total. The van der Waals surface area contributed by atoms with Crippen LogP contribution in [-0.2, 0) is 0 Å².